The van der Waals surface area contributed by atoms with Crippen molar-refractivity contribution < 1.29 is 14.0 Å². The van der Waals surface area contributed by atoms with Crippen molar-refractivity contribution in [2.24, 2.45) is 17.3 Å². The van der Waals surface area contributed by atoms with Gasteiger partial charge in [0, 0.05) is 6.07 Å². The number of hydrogen-bond donors (Lipinski definition) is 1. The van der Waals surface area contributed by atoms with Gasteiger partial charge in [0.2, 0.25) is 11.8 Å². The molecule has 0 aromatic heterocycles. The van der Waals surface area contributed by atoms with Crippen molar-refractivity contribution in [1.82, 2.24) is 0 Å². The second-order valence-corrected chi connectivity index (χ2v) is 5.49. The molecule has 2 aliphatic rings. The average molecular weight is 248 g/mol. The van der Waals surface area contributed by atoms with E-state index in [-0.39, 0.29) is 40.4 Å². The highest BCUT2D eigenvalue weighted by Crippen LogP contribution is 2.63. The Morgan fingerprint density at radius 2 is 1.78 bits per heavy atom. The zero-order valence-electron chi connectivity index (χ0n) is 10.1. The molecule has 4 nitrogen and oxygen atoms in total. The van der Waals surface area contributed by atoms with Crippen LogP contribution in [-0.4, -0.2) is 11.8 Å². The molecule has 0 spiro atoms. The van der Waals surface area contributed by atoms with E-state index in [0.717, 1.165) is 11.0 Å². The highest BCUT2D eigenvalue weighted by Gasteiger charge is 2.72. The molecule has 2 fully saturated rings. The maximum absolute atomic E-state index is 13.2. The van der Waals surface area contributed by atoms with Gasteiger partial charge in [-0.05, 0) is 17.5 Å². The molecule has 1 heterocycles. The quantitative estimate of drug-likeness (QED) is 0.606. The highest BCUT2D eigenvalue weighted by molar-refractivity contribution is 6.26. The van der Waals surface area contributed by atoms with Crippen LogP contribution in [0.2, 0.25) is 0 Å². The van der Waals surface area contributed by atoms with E-state index in [1.807, 2.05) is 13.8 Å². The van der Waals surface area contributed by atoms with Crippen LogP contribution in [0.5, 0.6) is 0 Å². The minimum Gasteiger partial charge on any atom is -0.397 e. The first-order chi connectivity index (χ1) is 8.35. The molecule has 2 N–H and O–H groups in total. The number of nitrogen functional groups attached to an aromatic ring is 1. The first-order valence-corrected chi connectivity index (χ1v) is 5.78. The summed E-state index contributed by atoms with van der Waals surface area (Å²) in [7, 11) is 0. The van der Waals surface area contributed by atoms with E-state index in [1.54, 1.807) is 0 Å². The van der Waals surface area contributed by atoms with Crippen molar-refractivity contribution in [2.45, 2.75) is 13.8 Å². The lowest BCUT2D eigenvalue weighted by Gasteiger charge is -2.21. The lowest BCUT2D eigenvalue weighted by atomic mass is 10.0. The summed E-state index contributed by atoms with van der Waals surface area (Å²) in [6, 6.07) is 3.69. The first-order valence-electron chi connectivity index (χ1n) is 5.78. The van der Waals surface area contributed by atoms with Gasteiger partial charge in [-0.15, -0.1) is 0 Å². The van der Waals surface area contributed by atoms with Crippen LogP contribution >= 0.6 is 0 Å². The lowest BCUT2D eigenvalue weighted by Crippen LogP contribution is -2.36. The number of nitrogens with zero attached hydrogens (tertiary/aromatic N) is 1. The fourth-order valence-corrected chi connectivity index (χ4v) is 2.89. The summed E-state index contributed by atoms with van der Waals surface area (Å²) in [6.45, 7) is 3.79. The van der Waals surface area contributed by atoms with Gasteiger partial charge in [0.05, 0.1) is 23.2 Å². The lowest BCUT2D eigenvalue weighted by molar-refractivity contribution is -0.125. The van der Waals surface area contributed by atoms with Gasteiger partial charge < -0.3 is 5.73 Å². The maximum atomic E-state index is 13.2. The largest absolute Gasteiger partial charge is 0.397 e. The molecule has 1 aliphatic carbocycles. The monoisotopic (exact) mass is 248 g/mol. The highest BCUT2D eigenvalue weighted by atomic mass is 19.1. The molecular formula is C13H13FN2O2. The molecule has 1 saturated heterocycles. The summed E-state index contributed by atoms with van der Waals surface area (Å²) < 4.78 is 13.2. The van der Waals surface area contributed by atoms with Crippen LogP contribution in [0, 0.1) is 23.1 Å². The molecule has 1 saturated carbocycles. The van der Waals surface area contributed by atoms with Crippen LogP contribution in [0.3, 0.4) is 0 Å². The minimum atomic E-state index is -0.514. The van der Waals surface area contributed by atoms with Crippen molar-refractivity contribution in [3.63, 3.8) is 0 Å². The summed E-state index contributed by atoms with van der Waals surface area (Å²) in [5, 5.41) is 0. The number of carbonyl (C=O) groups is 2. The third-order valence-corrected chi connectivity index (χ3v) is 4.03. The number of imide groups is 1. The smallest absolute Gasteiger partial charge is 0.238 e. The molecule has 18 heavy (non-hydrogen) atoms. The summed E-state index contributed by atoms with van der Waals surface area (Å²) in [5.74, 6) is -1.63. The average Bonchev–Trinajstić information content (AvgIpc) is 2.74. The van der Waals surface area contributed by atoms with Crippen LogP contribution in [0.15, 0.2) is 18.2 Å². The van der Waals surface area contributed by atoms with Gasteiger partial charge >= 0.3 is 0 Å². The third kappa shape index (κ3) is 1.19. The van der Waals surface area contributed by atoms with Gasteiger partial charge in [-0.1, -0.05) is 13.8 Å². The van der Waals surface area contributed by atoms with Crippen LogP contribution in [0.4, 0.5) is 15.8 Å². The maximum Gasteiger partial charge on any atom is 0.238 e. The van der Waals surface area contributed by atoms with E-state index in [0.29, 0.717) is 0 Å². The van der Waals surface area contributed by atoms with E-state index in [4.69, 9.17) is 5.73 Å². The second kappa shape index (κ2) is 3.10. The molecule has 5 heteroatoms. The normalized spacial score (nSPS) is 28.5. The molecule has 94 valence electrons. The Morgan fingerprint density at radius 1 is 1.22 bits per heavy atom. The van der Waals surface area contributed by atoms with Crippen molar-refractivity contribution in [1.29, 1.82) is 0 Å². The first kappa shape index (κ1) is 11.2. The number of rotatable bonds is 1. The molecule has 2 unspecified atom stereocenters. The van der Waals surface area contributed by atoms with Crippen LogP contribution in [0.1, 0.15) is 13.8 Å². The number of piperidine rings is 1. The van der Waals surface area contributed by atoms with Gasteiger partial charge in [0.1, 0.15) is 5.82 Å². The number of nitrogens with two attached hydrogens (primary N) is 1. The molecule has 1 aromatic rings. The predicted molar refractivity (Wildman–Crippen MR) is 64.1 cm³/mol. The van der Waals surface area contributed by atoms with Crippen molar-refractivity contribution >= 4 is 23.2 Å². The summed E-state index contributed by atoms with van der Waals surface area (Å²) in [6.07, 6.45) is 0. The fourth-order valence-electron chi connectivity index (χ4n) is 2.89. The van der Waals surface area contributed by atoms with Crippen LogP contribution in [-0.2, 0) is 9.59 Å². The number of carbonyl (C=O) groups excluding carboxylic acids is 2. The third-order valence-electron chi connectivity index (χ3n) is 4.03. The zero-order valence-corrected chi connectivity index (χ0v) is 10.1. The minimum absolute atomic E-state index is 0.160. The molecule has 1 aromatic carbocycles. The van der Waals surface area contributed by atoms with E-state index in [1.165, 1.54) is 12.1 Å². The zero-order chi connectivity index (χ0) is 13.2. The number of anilines is 2. The molecule has 0 bridgehead atoms. The Hall–Kier alpha value is -1.91. The Morgan fingerprint density at radius 3 is 2.33 bits per heavy atom. The topological polar surface area (TPSA) is 63.4 Å². The second-order valence-electron chi connectivity index (χ2n) is 5.49. The molecule has 3 rings (SSSR count). The van der Waals surface area contributed by atoms with E-state index < -0.39 is 5.82 Å². The Kier molecular flexibility index (Phi) is 1.93. The molecule has 0 radical (unpaired) electrons. The summed E-state index contributed by atoms with van der Waals surface area (Å²) in [5.41, 5.74) is 5.83. The van der Waals surface area contributed by atoms with Gasteiger partial charge in [-0.3, -0.25) is 9.59 Å². The van der Waals surface area contributed by atoms with E-state index >= 15 is 0 Å². The molecule has 2 amide bonds. The number of benzene rings is 1. The summed E-state index contributed by atoms with van der Waals surface area (Å²) >= 11 is 0. The predicted octanol–water partition coefficient (Wildman–Crippen LogP) is 1.55. The summed E-state index contributed by atoms with van der Waals surface area (Å²) in [4.78, 5) is 25.4. The van der Waals surface area contributed by atoms with Gasteiger partial charge in [-0.2, -0.15) is 0 Å². The Balaban J connectivity index is 2.03. The number of halogens is 1. The van der Waals surface area contributed by atoms with Gasteiger partial charge in [0.15, 0.2) is 0 Å². The molecular weight excluding hydrogens is 235 g/mol. The number of fused-ring (bicyclic) bond motifs is 1. The fraction of sp³-hybridized carbons (Fsp3) is 0.385. The number of hydrogen-bond acceptors (Lipinski definition) is 3. The van der Waals surface area contributed by atoms with Crippen molar-refractivity contribution in [2.75, 3.05) is 10.6 Å². The molecule has 1 aliphatic heterocycles. The molecule has 2 atom stereocenters. The van der Waals surface area contributed by atoms with E-state index in [9.17, 15) is 14.0 Å². The Bertz CT molecular complexity index is 558. The Labute approximate surface area is 104 Å². The van der Waals surface area contributed by atoms with E-state index in [2.05, 4.69) is 0 Å². The van der Waals surface area contributed by atoms with Gasteiger partial charge in [-0.25, -0.2) is 9.29 Å². The number of amides is 2. The van der Waals surface area contributed by atoms with Crippen molar-refractivity contribution in [3.8, 4) is 0 Å². The van der Waals surface area contributed by atoms with Gasteiger partial charge in [0.25, 0.3) is 0 Å². The standard InChI is InChI=1S/C13H13FN2O2/c1-13(2)9-10(13)12(18)16(11(9)17)8-5-6(14)3-4-7(8)15/h3-5,9-10H,15H2,1-2H3. The van der Waals surface area contributed by atoms with Crippen LogP contribution in [0.25, 0.3) is 0 Å². The van der Waals surface area contributed by atoms with Crippen molar-refractivity contribution in [3.05, 3.63) is 24.0 Å². The van der Waals surface area contributed by atoms with Crippen LogP contribution < -0.4 is 10.6 Å². The SMILES string of the molecule is CC1(C)C2C(=O)N(c3cc(F)ccc3N)C(=O)C21.